The van der Waals surface area contributed by atoms with E-state index in [9.17, 15) is 4.79 Å². The number of aliphatic imine (C=N–C) groups is 1. The van der Waals surface area contributed by atoms with Crippen molar-refractivity contribution in [3.8, 4) is 11.5 Å². The number of benzene rings is 3. The zero-order valence-corrected chi connectivity index (χ0v) is 18.7. The third-order valence-electron chi connectivity index (χ3n) is 4.76. The maximum atomic E-state index is 12.3. The Hall–Kier alpha value is -3.28. The number of hydrogen-bond acceptors (Lipinski definition) is 5. The average Bonchev–Trinajstić information content (AvgIpc) is 3.15. The number of ether oxygens (including phenoxy) is 3. The molecule has 1 aliphatic rings. The van der Waals surface area contributed by atoms with Gasteiger partial charge >= 0.3 is 5.97 Å². The molecule has 0 atom stereocenters. The Morgan fingerprint density at radius 2 is 1.75 bits per heavy atom. The van der Waals surface area contributed by atoms with E-state index in [0.29, 0.717) is 39.3 Å². The highest BCUT2D eigenvalue weighted by Gasteiger charge is 2.25. The van der Waals surface area contributed by atoms with Crippen molar-refractivity contribution in [1.29, 1.82) is 0 Å². The molecule has 5 nitrogen and oxygen atoms in total. The van der Waals surface area contributed by atoms with E-state index in [1.165, 1.54) is 7.11 Å². The molecule has 0 radical (unpaired) electrons. The number of nitrogens with zero attached hydrogens (tertiary/aromatic N) is 1. The largest absolute Gasteiger partial charge is 0.493 e. The molecule has 1 heterocycles. The fourth-order valence-electron chi connectivity index (χ4n) is 3.20. The molecule has 0 aromatic heterocycles. The minimum Gasteiger partial charge on any atom is -0.493 e. The summed E-state index contributed by atoms with van der Waals surface area (Å²) in [5.41, 5.74) is 2.47. The Bertz CT molecular complexity index is 1210. The second-order valence-electron chi connectivity index (χ2n) is 6.93. The highest BCUT2D eigenvalue weighted by atomic mass is 35.5. The number of esters is 1. The molecule has 4 rings (SSSR count). The van der Waals surface area contributed by atoms with Gasteiger partial charge in [0.05, 0.1) is 29.3 Å². The Kier molecular flexibility index (Phi) is 6.78. The van der Waals surface area contributed by atoms with Crippen LogP contribution >= 0.6 is 23.2 Å². The van der Waals surface area contributed by atoms with Crippen LogP contribution in [-0.2, 0) is 16.0 Å². The Balaban J connectivity index is 1.55. The molecule has 0 aliphatic carbocycles. The number of hydrogen-bond donors (Lipinski definition) is 0. The van der Waals surface area contributed by atoms with Crippen molar-refractivity contribution < 1.29 is 19.0 Å². The van der Waals surface area contributed by atoms with Crippen LogP contribution in [0.4, 0.5) is 0 Å². The van der Waals surface area contributed by atoms with E-state index in [1.807, 2.05) is 30.3 Å². The zero-order chi connectivity index (χ0) is 22.5. The lowest BCUT2D eigenvalue weighted by Crippen LogP contribution is -2.05. The Labute approximate surface area is 195 Å². The Morgan fingerprint density at radius 3 is 2.50 bits per heavy atom. The molecule has 0 spiro atoms. The summed E-state index contributed by atoms with van der Waals surface area (Å²) < 4.78 is 16.6. The molecule has 7 heteroatoms. The minimum atomic E-state index is -0.571. The number of carbonyl (C=O) groups is 1. The Morgan fingerprint density at radius 1 is 1.00 bits per heavy atom. The van der Waals surface area contributed by atoms with Crippen molar-refractivity contribution in [3.05, 3.63) is 99.2 Å². The summed E-state index contributed by atoms with van der Waals surface area (Å²) in [5, 5.41) is 0.813. The molecular weight excluding hydrogens is 449 g/mol. The van der Waals surface area contributed by atoms with Gasteiger partial charge in [0, 0.05) is 6.42 Å². The molecule has 0 saturated heterocycles. The van der Waals surface area contributed by atoms with Gasteiger partial charge in [0.2, 0.25) is 5.90 Å². The lowest BCUT2D eigenvalue weighted by atomic mass is 10.1. The van der Waals surface area contributed by atoms with Crippen LogP contribution in [0.25, 0.3) is 6.08 Å². The zero-order valence-electron chi connectivity index (χ0n) is 17.2. The molecule has 162 valence electrons. The summed E-state index contributed by atoms with van der Waals surface area (Å²) >= 11 is 12.6. The quantitative estimate of drug-likeness (QED) is 0.317. The number of methoxy groups -OCH3 is 1. The topological polar surface area (TPSA) is 57.1 Å². The van der Waals surface area contributed by atoms with Crippen LogP contribution in [0.2, 0.25) is 10.0 Å². The number of halogens is 2. The molecular formula is C25H19Cl2NO4. The van der Waals surface area contributed by atoms with Crippen LogP contribution in [-0.4, -0.2) is 25.6 Å². The van der Waals surface area contributed by atoms with E-state index in [-0.39, 0.29) is 11.6 Å². The van der Waals surface area contributed by atoms with Crippen LogP contribution < -0.4 is 9.47 Å². The van der Waals surface area contributed by atoms with Gasteiger partial charge in [0.15, 0.2) is 17.2 Å². The van der Waals surface area contributed by atoms with E-state index in [4.69, 9.17) is 37.4 Å². The predicted molar refractivity (Wildman–Crippen MR) is 126 cm³/mol. The van der Waals surface area contributed by atoms with Crippen molar-refractivity contribution in [2.45, 2.75) is 6.42 Å². The predicted octanol–water partition coefficient (Wildman–Crippen LogP) is 5.97. The van der Waals surface area contributed by atoms with Gasteiger partial charge in [0.1, 0.15) is 0 Å². The summed E-state index contributed by atoms with van der Waals surface area (Å²) in [5.74, 6) is 0.490. The third-order valence-corrected chi connectivity index (χ3v) is 5.37. The van der Waals surface area contributed by atoms with Gasteiger partial charge in [-0.1, -0.05) is 65.7 Å². The van der Waals surface area contributed by atoms with Gasteiger partial charge in [-0.25, -0.2) is 9.79 Å². The first kappa shape index (κ1) is 21.9. The molecule has 0 amide bonds. The second-order valence-corrected chi connectivity index (χ2v) is 7.75. The lowest BCUT2D eigenvalue weighted by Gasteiger charge is -2.13. The summed E-state index contributed by atoms with van der Waals surface area (Å²) in [6.07, 6.45) is 2.31. The first-order valence-electron chi connectivity index (χ1n) is 9.87. The van der Waals surface area contributed by atoms with Crippen molar-refractivity contribution in [2.75, 3.05) is 13.7 Å². The maximum absolute atomic E-state index is 12.3. The van der Waals surface area contributed by atoms with Gasteiger partial charge < -0.3 is 14.2 Å². The van der Waals surface area contributed by atoms with Crippen molar-refractivity contribution in [2.24, 2.45) is 4.99 Å². The molecule has 0 unspecified atom stereocenters. The number of rotatable bonds is 7. The lowest BCUT2D eigenvalue weighted by molar-refractivity contribution is -0.129. The molecule has 0 N–H and O–H groups in total. The van der Waals surface area contributed by atoms with Gasteiger partial charge in [-0.15, -0.1) is 0 Å². The molecule has 3 aromatic rings. The van der Waals surface area contributed by atoms with Crippen LogP contribution in [0.1, 0.15) is 16.7 Å². The smallest absolute Gasteiger partial charge is 0.363 e. The van der Waals surface area contributed by atoms with Gasteiger partial charge in [-0.3, -0.25) is 0 Å². The van der Waals surface area contributed by atoms with E-state index in [0.717, 1.165) is 12.0 Å². The van der Waals surface area contributed by atoms with E-state index in [1.54, 1.807) is 42.5 Å². The fourth-order valence-corrected chi connectivity index (χ4v) is 3.69. The summed E-state index contributed by atoms with van der Waals surface area (Å²) in [6, 6.07) is 20.5. The highest BCUT2D eigenvalue weighted by Crippen LogP contribution is 2.37. The third kappa shape index (κ3) is 4.96. The molecule has 3 aromatic carbocycles. The molecule has 0 fully saturated rings. The second kappa shape index (κ2) is 9.90. The van der Waals surface area contributed by atoms with E-state index in [2.05, 4.69) is 4.99 Å². The van der Waals surface area contributed by atoms with Crippen LogP contribution in [0.5, 0.6) is 11.5 Å². The van der Waals surface area contributed by atoms with E-state index < -0.39 is 5.97 Å². The minimum absolute atomic E-state index is 0.135. The fraction of sp³-hybridized carbons (Fsp3) is 0.120. The molecule has 32 heavy (non-hydrogen) atoms. The summed E-state index contributed by atoms with van der Waals surface area (Å²) in [6.45, 7) is 0.443. The van der Waals surface area contributed by atoms with Gasteiger partial charge in [-0.05, 0) is 41.5 Å². The summed E-state index contributed by atoms with van der Waals surface area (Å²) in [7, 11) is 1.53. The molecule has 0 bridgehead atoms. The number of cyclic esters (lactones) is 1. The van der Waals surface area contributed by atoms with Gasteiger partial charge in [0.25, 0.3) is 0 Å². The normalized spacial score (nSPS) is 14.3. The van der Waals surface area contributed by atoms with Crippen LogP contribution in [0, 0.1) is 0 Å². The molecule has 1 aliphatic heterocycles. The highest BCUT2D eigenvalue weighted by molar-refractivity contribution is 6.34. The first-order valence-corrected chi connectivity index (χ1v) is 10.6. The SMILES string of the molecule is COc1cc(/C=C2\N=C(c3ccccc3Cl)OC2=O)cc(Cl)c1OCCc1ccccc1. The maximum Gasteiger partial charge on any atom is 0.363 e. The van der Waals surface area contributed by atoms with Crippen molar-refractivity contribution >= 4 is 41.1 Å². The van der Waals surface area contributed by atoms with Crippen LogP contribution in [0.15, 0.2) is 77.4 Å². The van der Waals surface area contributed by atoms with E-state index >= 15 is 0 Å². The summed E-state index contributed by atoms with van der Waals surface area (Å²) in [4.78, 5) is 16.6. The van der Waals surface area contributed by atoms with Gasteiger partial charge in [-0.2, -0.15) is 0 Å². The standard InChI is InChI=1S/C25H19Cl2NO4/c1-30-22-15-17(13-20(27)23(22)31-12-11-16-7-3-2-4-8-16)14-21-25(29)32-24(28-21)18-9-5-6-10-19(18)26/h2-10,13-15H,11-12H2,1H3/b21-14-. The first-order chi connectivity index (χ1) is 15.5. The molecule has 0 saturated carbocycles. The average molecular weight is 468 g/mol. The monoisotopic (exact) mass is 467 g/mol. The van der Waals surface area contributed by atoms with Crippen molar-refractivity contribution in [1.82, 2.24) is 0 Å². The van der Waals surface area contributed by atoms with Crippen molar-refractivity contribution in [3.63, 3.8) is 0 Å². The number of carbonyl (C=O) groups excluding carboxylic acids is 1. The van der Waals surface area contributed by atoms with Crippen LogP contribution in [0.3, 0.4) is 0 Å².